The van der Waals surface area contributed by atoms with Gasteiger partial charge in [0.15, 0.2) is 0 Å². The number of nitrogens with one attached hydrogen (secondary N) is 1. The largest absolute Gasteiger partial charge is 0.396 e. The molecule has 1 heterocycles. The Hall–Kier alpha value is -1.29. The standard InChI is InChI=1S/C16H20BrN3/c1-10(11-4-2-3-5-11)20-16-13-8-12(17)6-7-15(13)19-9-14(16)18/h6-11H,2-5,18H2,1H3,(H,19,20). The van der Waals surface area contributed by atoms with E-state index >= 15 is 0 Å². The van der Waals surface area contributed by atoms with Gasteiger partial charge in [-0.3, -0.25) is 4.98 Å². The summed E-state index contributed by atoms with van der Waals surface area (Å²) >= 11 is 3.53. The van der Waals surface area contributed by atoms with Crippen LogP contribution >= 0.6 is 15.9 Å². The normalized spacial score (nSPS) is 17.5. The average Bonchev–Trinajstić information content (AvgIpc) is 2.96. The monoisotopic (exact) mass is 333 g/mol. The lowest BCUT2D eigenvalue weighted by atomic mass is 9.99. The summed E-state index contributed by atoms with van der Waals surface area (Å²) < 4.78 is 1.05. The van der Waals surface area contributed by atoms with Gasteiger partial charge >= 0.3 is 0 Å². The molecule has 0 bridgehead atoms. The Kier molecular flexibility index (Phi) is 3.83. The van der Waals surface area contributed by atoms with Crippen LogP contribution in [-0.2, 0) is 0 Å². The molecule has 1 aliphatic rings. The molecule has 106 valence electrons. The van der Waals surface area contributed by atoms with Gasteiger partial charge in [-0.1, -0.05) is 28.8 Å². The lowest BCUT2D eigenvalue weighted by molar-refractivity contribution is 0.482. The summed E-state index contributed by atoms with van der Waals surface area (Å²) in [6.07, 6.45) is 7.10. The van der Waals surface area contributed by atoms with Crippen molar-refractivity contribution in [2.45, 2.75) is 38.6 Å². The highest BCUT2D eigenvalue weighted by molar-refractivity contribution is 9.10. The molecule has 1 fully saturated rings. The van der Waals surface area contributed by atoms with Crippen molar-refractivity contribution >= 4 is 38.2 Å². The van der Waals surface area contributed by atoms with Crippen molar-refractivity contribution in [2.75, 3.05) is 11.1 Å². The van der Waals surface area contributed by atoms with Crippen molar-refractivity contribution in [3.8, 4) is 0 Å². The van der Waals surface area contributed by atoms with E-state index in [-0.39, 0.29) is 0 Å². The lowest BCUT2D eigenvalue weighted by Gasteiger charge is -2.23. The molecule has 20 heavy (non-hydrogen) atoms. The second kappa shape index (κ2) is 5.60. The van der Waals surface area contributed by atoms with Crippen LogP contribution in [0, 0.1) is 5.92 Å². The number of nitrogens with zero attached hydrogens (tertiary/aromatic N) is 1. The Balaban J connectivity index is 1.96. The predicted molar refractivity (Wildman–Crippen MR) is 88.9 cm³/mol. The lowest BCUT2D eigenvalue weighted by Crippen LogP contribution is -2.24. The van der Waals surface area contributed by atoms with E-state index in [9.17, 15) is 0 Å². The van der Waals surface area contributed by atoms with Crippen LogP contribution in [0.25, 0.3) is 10.9 Å². The molecule has 1 atom stereocenters. The van der Waals surface area contributed by atoms with Gasteiger partial charge in [0, 0.05) is 15.9 Å². The zero-order valence-electron chi connectivity index (χ0n) is 11.7. The Morgan fingerprint density at radius 2 is 2.10 bits per heavy atom. The first-order valence-corrected chi connectivity index (χ1v) is 8.05. The number of halogens is 1. The quantitative estimate of drug-likeness (QED) is 0.864. The summed E-state index contributed by atoms with van der Waals surface area (Å²) in [4.78, 5) is 4.40. The molecule has 3 rings (SSSR count). The van der Waals surface area contributed by atoms with Crippen LogP contribution in [0.2, 0.25) is 0 Å². The second-order valence-corrected chi connectivity index (χ2v) is 6.64. The molecular formula is C16H20BrN3. The predicted octanol–water partition coefficient (Wildman–Crippen LogP) is 4.57. The molecule has 1 saturated carbocycles. The third-order valence-electron chi connectivity index (χ3n) is 4.34. The number of anilines is 2. The van der Waals surface area contributed by atoms with Crippen LogP contribution in [0.3, 0.4) is 0 Å². The first-order valence-electron chi connectivity index (χ1n) is 7.25. The van der Waals surface area contributed by atoms with Gasteiger partial charge in [0.05, 0.1) is 23.1 Å². The minimum Gasteiger partial charge on any atom is -0.396 e. The zero-order valence-corrected chi connectivity index (χ0v) is 13.3. The third kappa shape index (κ3) is 2.62. The number of hydrogen-bond acceptors (Lipinski definition) is 3. The molecule has 4 heteroatoms. The van der Waals surface area contributed by atoms with Gasteiger partial charge in [0.25, 0.3) is 0 Å². The highest BCUT2D eigenvalue weighted by atomic mass is 79.9. The van der Waals surface area contributed by atoms with Crippen LogP contribution < -0.4 is 11.1 Å². The zero-order chi connectivity index (χ0) is 14.1. The van der Waals surface area contributed by atoms with Crippen molar-refractivity contribution in [2.24, 2.45) is 5.92 Å². The van der Waals surface area contributed by atoms with Crippen LogP contribution in [0.1, 0.15) is 32.6 Å². The first-order chi connectivity index (χ1) is 9.65. The van der Waals surface area contributed by atoms with Gasteiger partial charge in [0.2, 0.25) is 0 Å². The molecule has 1 aromatic carbocycles. The van der Waals surface area contributed by atoms with Crippen molar-refractivity contribution in [1.82, 2.24) is 4.98 Å². The molecule has 0 saturated heterocycles. The molecule has 1 aromatic heterocycles. The maximum atomic E-state index is 6.14. The van der Waals surface area contributed by atoms with E-state index in [1.54, 1.807) is 6.20 Å². The number of nitrogens with two attached hydrogens (primary N) is 1. The smallest absolute Gasteiger partial charge is 0.0743 e. The van der Waals surface area contributed by atoms with Crippen molar-refractivity contribution in [3.05, 3.63) is 28.9 Å². The molecular weight excluding hydrogens is 314 g/mol. The van der Waals surface area contributed by atoms with Crippen LogP contribution in [0.5, 0.6) is 0 Å². The van der Waals surface area contributed by atoms with E-state index in [0.29, 0.717) is 6.04 Å². The Morgan fingerprint density at radius 3 is 2.85 bits per heavy atom. The fraction of sp³-hybridized carbons (Fsp3) is 0.438. The highest BCUT2D eigenvalue weighted by Crippen LogP contribution is 2.34. The van der Waals surface area contributed by atoms with E-state index in [1.165, 1.54) is 25.7 Å². The minimum absolute atomic E-state index is 0.449. The van der Waals surface area contributed by atoms with Crippen molar-refractivity contribution < 1.29 is 0 Å². The summed E-state index contributed by atoms with van der Waals surface area (Å²) in [6, 6.07) is 6.56. The number of pyridine rings is 1. The van der Waals surface area contributed by atoms with E-state index in [0.717, 1.165) is 32.7 Å². The number of fused-ring (bicyclic) bond motifs is 1. The molecule has 0 radical (unpaired) electrons. The van der Waals surface area contributed by atoms with E-state index < -0.39 is 0 Å². The Bertz CT molecular complexity index is 615. The topological polar surface area (TPSA) is 50.9 Å². The van der Waals surface area contributed by atoms with Gasteiger partial charge in [-0.05, 0) is 43.9 Å². The molecule has 1 aliphatic carbocycles. The fourth-order valence-electron chi connectivity index (χ4n) is 3.14. The maximum Gasteiger partial charge on any atom is 0.0743 e. The SMILES string of the molecule is CC(Nc1c(N)cnc2ccc(Br)cc12)C1CCCC1. The van der Waals surface area contributed by atoms with Gasteiger partial charge in [0.1, 0.15) is 0 Å². The maximum absolute atomic E-state index is 6.14. The number of hydrogen-bond donors (Lipinski definition) is 2. The summed E-state index contributed by atoms with van der Waals surface area (Å²) in [6.45, 7) is 2.26. The molecule has 0 amide bonds. The summed E-state index contributed by atoms with van der Waals surface area (Å²) in [5, 5.41) is 4.72. The van der Waals surface area contributed by atoms with Gasteiger partial charge in [-0.15, -0.1) is 0 Å². The van der Waals surface area contributed by atoms with Gasteiger partial charge < -0.3 is 11.1 Å². The molecule has 0 aliphatic heterocycles. The summed E-state index contributed by atoms with van der Waals surface area (Å²) in [7, 11) is 0. The molecule has 3 nitrogen and oxygen atoms in total. The second-order valence-electron chi connectivity index (χ2n) is 5.73. The Morgan fingerprint density at radius 1 is 1.35 bits per heavy atom. The van der Waals surface area contributed by atoms with Crippen LogP contribution in [0.15, 0.2) is 28.9 Å². The van der Waals surface area contributed by atoms with Gasteiger partial charge in [-0.2, -0.15) is 0 Å². The number of aromatic nitrogens is 1. The highest BCUT2D eigenvalue weighted by Gasteiger charge is 2.22. The molecule has 1 unspecified atom stereocenters. The summed E-state index contributed by atoms with van der Waals surface area (Å²) in [5.41, 5.74) is 8.87. The Labute approximate surface area is 128 Å². The first kappa shape index (κ1) is 13.7. The average molecular weight is 334 g/mol. The molecule has 0 spiro atoms. The number of nitrogen functional groups attached to an aromatic ring is 1. The number of rotatable bonds is 3. The molecule has 2 aromatic rings. The van der Waals surface area contributed by atoms with Crippen LogP contribution in [-0.4, -0.2) is 11.0 Å². The van der Waals surface area contributed by atoms with Crippen LogP contribution in [0.4, 0.5) is 11.4 Å². The van der Waals surface area contributed by atoms with E-state index in [2.05, 4.69) is 39.2 Å². The van der Waals surface area contributed by atoms with Crippen molar-refractivity contribution in [1.29, 1.82) is 0 Å². The fourth-order valence-corrected chi connectivity index (χ4v) is 3.51. The van der Waals surface area contributed by atoms with E-state index in [1.807, 2.05) is 12.1 Å². The number of benzene rings is 1. The van der Waals surface area contributed by atoms with Gasteiger partial charge in [-0.25, -0.2) is 0 Å². The minimum atomic E-state index is 0.449. The third-order valence-corrected chi connectivity index (χ3v) is 4.83. The summed E-state index contributed by atoms with van der Waals surface area (Å²) in [5.74, 6) is 0.754. The van der Waals surface area contributed by atoms with E-state index in [4.69, 9.17) is 5.73 Å². The van der Waals surface area contributed by atoms with Crippen molar-refractivity contribution in [3.63, 3.8) is 0 Å². The molecule has 3 N–H and O–H groups in total.